The van der Waals surface area contributed by atoms with E-state index in [0.29, 0.717) is 19.3 Å². The smallest absolute Gasteiger partial charge is 0.306 e. The van der Waals surface area contributed by atoms with Crippen LogP contribution in [0.1, 0.15) is 310 Å². The number of hydrogen-bond acceptors (Lipinski definition) is 6. The van der Waals surface area contributed by atoms with Crippen LogP contribution in [-0.4, -0.2) is 37.2 Å². The van der Waals surface area contributed by atoms with Crippen LogP contribution in [0, 0.1) is 0 Å². The third-order valence-electron chi connectivity index (χ3n) is 13.2. The molecule has 0 aliphatic rings. The molecule has 0 aliphatic heterocycles. The molecule has 0 aromatic carbocycles. The van der Waals surface area contributed by atoms with Gasteiger partial charge >= 0.3 is 17.9 Å². The van der Waals surface area contributed by atoms with Crippen LogP contribution in [0.15, 0.2) is 60.8 Å². The van der Waals surface area contributed by atoms with Gasteiger partial charge in [0.05, 0.1) is 0 Å². The standard InChI is InChI=1S/C64H114O6/c1-4-7-10-13-16-19-22-25-28-30-31-32-33-34-37-39-42-45-48-51-54-57-63(66)69-60-61(59-68-62(65)56-53-50-47-44-41-38-35-27-24-21-18-15-12-9-6-3)70-64(67)58-55-52-49-46-43-40-36-29-26-23-20-17-14-11-8-5-2/h18,21-22,25,27,30-31,33-35,61H,4-17,19-20,23-24,26,28-29,32,36-60H2,1-3H3/b21-18-,25-22-,31-30-,34-33-,35-27-. The molecular formula is C64H114O6. The second-order valence-electron chi connectivity index (χ2n) is 20.3. The number of hydrogen-bond donors (Lipinski definition) is 0. The van der Waals surface area contributed by atoms with Crippen LogP contribution in [0.3, 0.4) is 0 Å². The van der Waals surface area contributed by atoms with Crippen LogP contribution in [0.2, 0.25) is 0 Å². The van der Waals surface area contributed by atoms with Gasteiger partial charge in [-0.2, -0.15) is 0 Å². The maximum atomic E-state index is 12.9. The minimum absolute atomic E-state index is 0.0832. The minimum Gasteiger partial charge on any atom is -0.462 e. The molecule has 406 valence electrons. The first-order valence-electron chi connectivity index (χ1n) is 30.3. The van der Waals surface area contributed by atoms with Gasteiger partial charge in [-0.1, -0.05) is 261 Å². The van der Waals surface area contributed by atoms with Gasteiger partial charge in [0.2, 0.25) is 0 Å². The van der Waals surface area contributed by atoms with Gasteiger partial charge in [-0.15, -0.1) is 0 Å². The highest BCUT2D eigenvalue weighted by atomic mass is 16.6. The van der Waals surface area contributed by atoms with Gasteiger partial charge in [0.15, 0.2) is 6.10 Å². The minimum atomic E-state index is -0.784. The lowest BCUT2D eigenvalue weighted by Gasteiger charge is -2.18. The van der Waals surface area contributed by atoms with Crippen molar-refractivity contribution in [3.63, 3.8) is 0 Å². The molecule has 0 spiro atoms. The summed E-state index contributed by atoms with van der Waals surface area (Å²) in [7, 11) is 0. The molecule has 0 amide bonds. The van der Waals surface area contributed by atoms with Gasteiger partial charge in [-0.25, -0.2) is 0 Å². The van der Waals surface area contributed by atoms with Crippen LogP contribution in [0.5, 0.6) is 0 Å². The number of esters is 3. The summed E-state index contributed by atoms with van der Waals surface area (Å²) in [6.07, 6.45) is 73.5. The molecule has 1 unspecified atom stereocenters. The van der Waals surface area contributed by atoms with Crippen LogP contribution in [0.25, 0.3) is 0 Å². The number of ether oxygens (including phenoxy) is 3. The molecule has 0 bridgehead atoms. The van der Waals surface area contributed by atoms with E-state index in [9.17, 15) is 14.4 Å². The summed E-state index contributed by atoms with van der Waals surface area (Å²) < 4.78 is 16.9. The Kier molecular flexibility index (Phi) is 56.3. The topological polar surface area (TPSA) is 78.9 Å². The fraction of sp³-hybridized carbons (Fsp3) is 0.797. The molecule has 0 saturated heterocycles. The summed E-state index contributed by atoms with van der Waals surface area (Å²) >= 11 is 0. The second-order valence-corrected chi connectivity index (χ2v) is 20.3. The predicted molar refractivity (Wildman–Crippen MR) is 302 cm³/mol. The van der Waals surface area contributed by atoms with Crippen molar-refractivity contribution in [1.29, 1.82) is 0 Å². The first-order valence-corrected chi connectivity index (χ1v) is 30.3. The maximum Gasteiger partial charge on any atom is 0.306 e. The molecule has 1 atom stereocenters. The highest BCUT2D eigenvalue weighted by Crippen LogP contribution is 2.16. The Morgan fingerprint density at radius 1 is 0.286 bits per heavy atom. The van der Waals surface area contributed by atoms with Gasteiger partial charge in [0.1, 0.15) is 13.2 Å². The monoisotopic (exact) mass is 979 g/mol. The quantitative estimate of drug-likeness (QED) is 0.0261. The normalized spacial score (nSPS) is 12.4. The van der Waals surface area contributed by atoms with Gasteiger partial charge < -0.3 is 14.2 Å². The van der Waals surface area contributed by atoms with Gasteiger partial charge in [-0.3, -0.25) is 14.4 Å². The molecule has 0 N–H and O–H groups in total. The summed E-state index contributed by atoms with van der Waals surface area (Å²) in [4.78, 5) is 38.2. The fourth-order valence-electron chi connectivity index (χ4n) is 8.66. The average molecular weight is 980 g/mol. The molecule has 6 nitrogen and oxygen atoms in total. The van der Waals surface area contributed by atoms with Gasteiger partial charge in [-0.05, 0) is 89.9 Å². The van der Waals surface area contributed by atoms with Crippen molar-refractivity contribution in [1.82, 2.24) is 0 Å². The first-order chi connectivity index (χ1) is 34.5. The Hall–Kier alpha value is -2.89. The zero-order valence-electron chi connectivity index (χ0n) is 46.5. The lowest BCUT2D eigenvalue weighted by molar-refractivity contribution is -0.167. The molecule has 6 heteroatoms. The summed E-state index contributed by atoms with van der Waals surface area (Å²) in [6.45, 7) is 6.61. The van der Waals surface area contributed by atoms with Crippen molar-refractivity contribution in [2.24, 2.45) is 0 Å². The van der Waals surface area contributed by atoms with Crippen LogP contribution >= 0.6 is 0 Å². The van der Waals surface area contributed by atoms with E-state index >= 15 is 0 Å². The maximum absolute atomic E-state index is 12.9. The van der Waals surface area contributed by atoms with E-state index in [2.05, 4.69) is 81.5 Å². The average Bonchev–Trinajstić information content (AvgIpc) is 3.36. The fourth-order valence-corrected chi connectivity index (χ4v) is 8.66. The van der Waals surface area contributed by atoms with Gasteiger partial charge in [0.25, 0.3) is 0 Å². The Bertz CT molecular complexity index is 1260. The molecule has 70 heavy (non-hydrogen) atoms. The zero-order chi connectivity index (χ0) is 50.7. The summed E-state index contributed by atoms with van der Waals surface area (Å²) in [5.74, 6) is -0.893. The molecule has 0 saturated carbocycles. The van der Waals surface area contributed by atoms with Crippen molar-refractivity contribution in [2.75, 3.05) is 13.2 Å². The molecule has 0 aliphatic carbocycles. The molecule has 0 aromatic heterocycles. The third kappa shape index (κ3) is 56.0. The zero-order valence-corrected chi connectivity index (χ0v) is 46.5. The number of carbonyl (C=O) groups is 3. The molecule has 0 rings (SSSR count). The Balaban J connectivity index is 4.38. The Labute approximate surface area is 434 Å². The third-order valence-corrected chi connectivity index (χ3v) is 13.2. The van der Waals surface area contributed by atoms with E-state index in [-0.39, 0.29) is 31.1 Å². The van der Waals surface area contributed by atoms with E-state index in [1.54, 1.807) is 0 Å². The van der Waals surface area contributed by atoms with Crippen molar-refractivity contribution in [3.8, 4) is 0 Å². The van der Waals surface area contributed by atoms with Crippen LogP contribution in [0.4, 0.5) is 0 Å². The Morgan fingerprint density at radius 2 is 0.514 bits per heavy atom. The number of rotatable bonds is 55. The van der Waals surface area contributed by atoms with E-state index in [4.69, 9.17) is 14.2 Å². The van der Waals surface area contributed by atoms with Crippen molar-refractivity contribution < 1.29 is 28.6 Å². The van der Waals surface area contributed by atoms with Crippen LogP contribution < -0.4 is 0 Å². The summed E-state index contributed by atoms with van der Waals surface area (Å²) in [5.41, 5.74) is 0. The molecule has 0 heterocycles. The molecular weight excluding hydrogens is 865 g/mol. The summed E-state index contributed by atoms with van der Waals surface area (Å²) in [6, 6.07) is 0. The van der Waals surface area contributed by atoms with E-state index in [1.807, 2.05) is 0 Å². The molecule has 0 fully saturated rings. The van der Waals surface area contributed by atoms with Crippen molar-refractivity contribution in [3.05, 3.63) is 60.8 Å². The Morgan fingerprint density at radius 3 is 0.829 bits per heavy atom. The molecule has 0 radical (unpaired) electrons. The number of carbonyl (C=O) groups excluding carboxylic acids is 3. The van der Waals surface area contributed by atoms with Crippen molar-refractivity contribution >= 4 is 17.9 Å². The predicted octanol–water partition coefficient (Wildman–Crippen LogP) is 20.4. The first kappa shape index (κ1) is 67.1. The van der Waals surface area contributed by atoms with E-state index < -0.39 is 6.10 Å². The second kappa shape index (κ2) is 58.7. The summed E-state index contributed by atoms with van der Waals surface area (Å²) in [5, 5.41) is 0. The largest absolute Gasteiger partial charge is 0.462 e. The van der Waals surface area contributed by atoms with Crippen LogP contribution in [-0.2, 0) is 28.6 Å². The number of unbranched alkanes of at least 4 members (excludes halogenated alkanes) is 34. The molecule has 0 aromatic rings. The highest BCUT2D eigenvalue weighted by molar-refractivity contribution is 5.71. The lowest BCUT2D eigenvalue weighted by Crippen LogP contribution is -2.30. The van der Waals surface area contributed by atoms with E-state index in [0.717, 1.165) is 96.3 Å². The number of allylic oxidation sites excluding steroid dienone is 10. The highest BCUT2D eigenvalue weighted by Gasteiger charge is 2.19. The lowest BCUT2D eigenvalue weighted by atomic mass is 10.0. The van der Waals surface area contributed by atoms with Crippen molar-refractivity contribution in [2.45, 2.75) is 316 Å². The van der Waals surface area contributed by atoms with Gasteiger partial charge in [0, 0.05) is 19.3 Å². The SMILES string of the molecule is CCCCC/C=C\C/C=C\CCCCCCCC(=O)OCC(COC(=O)CCCCCCCC/C=C\C/C=C\C/C=C\CCCCCCC)OC(=O)CCCCCCCCCCCCCCCCCC. The van der Waals surface area contributed by atoms with E-state index in [1.165, 1.54) is 173 Å².